The fourth-order valence-electron chi connectivity index (χ4n) is 3.05. The number of methoxy groups -OCH3 is 1. The Labute approximate surface area is 152 Å². The van der Waals surface area contributed by atoms with Crippen molar-refractivity contribution in [3.8, 4) is 0 Å². The highest BCUT2D eigenvalue weighted by Crippen LogP contribution is 2.24. The molecule has 5 nitrogen and oxygen atoms in total. The molecule has 0 saturated carbocycles. The Morgan fingerprint density at radius 1 is 1.32 bits per heavy atom. The van der Waals surface area contributed by atoms with Gasteiger partial charge in [0.25, 0.3) is 5.91 Å². The van der Waals surface area contributed by atoms with Gasteiger partial charge in [-0.05, 0) is 55.5 Å². The zero-order chi connectivity index (χ0) is 17.6. The molecule has 1 saturated heterocycles. The Morgan fingerprint density at radius 3 is 2.84 bits per heavy atom. The van der Waals surface area contributed by atoms with Crippen molar-refractivity contribution < 1.29 is 9.53 Å². The molecule has 0 spiro atoms. The van der Waals surface area contributed by atoms with Crippen LogP contribution in [0.1, 0.15) is 23.2 Å². The maximum absolute atomic E-state index is 12.5. The lowest BCUT2D eigenvalue weighted by molar-refractivity contribution is 0.0893. The molecule has 1 unspecified atom stereocenters. The number of thioether (sulfide) groups is 1. The standard InChI is InChI=1S/C19H23N3O2S/c1-24-16-5-4-12-22(13-16)15-9-7-14(8-10-15)21-18(23)17-6-3-11-20-19(17)25-2/h3,6-11,16H,4-5,12-13H2,1-2H3,(H,21,23). The third-order valence-electron chi connectivity index (χ3n) is 4.41. The molecule has 1 aromatic heterocycles. The van der Waals surface area contributed by atoms with Gasteiger partial charge in [-0.1, -0.05) is 0 Å². The van der Waals surface area contributed by atoms with E-state index in [9.17, 15) is 4.79 Å². The first-order valence-corrected chi connectivity index (χ1v) is 9.62. The molecular formula is C19H23N3O2S. The van der Waals surface area contributed by atoms with Crippen LogP contribution in [0.3, 0.4) is 0 Å². The molecule has 6 heteroatoms. The van der Waals surface area contributed by atoms with E-state index in [2.05, 4.69) is 15.2 Å². The van der Waals surface area contributed by atoms with Crippen LogP contribution >= 0.6 is 11.8 Å². The Bertz CT molecular complexity index is 721. The minimum Gasteiger partial charge on any atom is -0.380 e. The smallest absolute Gasteiger partial charge is 0.258 e. The van der Waals surface area contributed by atoms with Gasteiger partial charge in [-0.15, -0.1) is 11.8 Å². The first kappa shape index (κ1) is 17.8. The highest BCUT2D eigenvalue weighted by atomic mass is 32.2. The maximum atomic E-state index is 12.5. The van der Waals surface area contributed by atoms with Crippen LogP contribution in [0, 0.1) is 0 Å². The largest absolute Gasteiger partial charge is 0.380 e. The van der Waals surface area contributed by atoms with Gasteiger partial charge in [0.05, 0.1) is 11.7 Å². The van der Waals surface area contributed by atoms with Gasteiger partial charge >= 0.3 is 0 Å². The van der Waals surface area contributed by atoms with Gasteiger partial charge in [-0.25, -0.2) is 4.98 Å². The molecule has 1 amide bonds. The summed E-state index contributed by atoms with van der Waals surface area (Å²) < 4.78 is 5.48. The van der Waals surface area contributed by atoms with Crippen LogP contribution in [0.2, 0.25) is 0 Å². The normalized spacial score (nSPS) is 17.4. The summed E-state index contributed by atoms with van der Waals surface area (Å²) in [6, 6.07) is 11.6. The van der Waals surface area contributed by atoms with E-state index in [1.165, 1.54) is 11.8 Å². The van der Waals surface area contributed by atoms with E-state index in [0.29, 0.717) is 11.7 Å². The van der Waals surface area contributed by atoms with Crippen LogP contribution in [0.5, 0.6) is 0 Å². The van der Waals surface area contributed by atoms with Gasteiger partial charge in [0, 0.05) is 37.8 Å². The lowest BCUT2D eigenvalue weighted by atomic mass is 10.1. The summed E-state index contributed by atoms with van der Waals surface area (Å²) in [6.45, 7) is 1.95. The summed E-state index contributed by atoms with van der Waals surface area (Å²) >= 11 is 1.47. The van der Waals surface area contributed by atoms with E-state index in [4.69, 9.17) is 4.74 Å². The number of carbonyl (C=O) groups is 1. The van der Waals surface area contributed by atoms with E-state index in [-0.39, 0.29) is 5.91 Å². The number of piperidine rings is 1. The van der Waals surface area contributed by atoms with Gasteiger partial charge in [-0.3, -0.25) is 4.79 Å². The molecule has 3 rings (SSSR count). The summed E-state index contributed by atoms with van der Waals surface area (Å²) in [7, 11) is 1.77. The fourth-order valence-corrected chi connectivity index (χ4v) is 3.59. The number of benzene rings is 1. The van der Waals surface area contributed by atoms with Crippen molar-refractivity contribution >= 4 is 29.0 Å². The molecule has 1 aliphatic heterocycles. The Morgan fingerprint density at radius 2 is 2.12 bits per heavy atom. The highest BCUT2D eigenvalue weighted by Gasteiger charge is 2.19. The van der Waals surface area contributed by atoms with Crippen molar-refractivity contribution in [1.82, 2.24) is 4.98 Å². The molecule has 0 bridgehead atoms. The summed E-state index contributed by atoms with van der Waals surface area (Å²) in [5.74, 6) is -0.136. The maximum Gasteiger partial charge on any atom is 0.258 e. The molecule has 1 aliphatic rings. The SMILES string of the molecule is COC1CCCN(c2ccc(NC(=O)c3cccnc3SC)cc2)C1. The number of nitrogens with zero attached hydrogens (tertiary/aromatic N) is 2. The monoisotopic (exact) mass is 357 g/mol. The molecule has 0 aliphatic carbocycles. The lowest BCUT2D eigenvalue weighted by Gasteiger charge is -2.33. The Kier molecular flexibility index (Phi) is 5.94. The van der Waals surface area contributed by atoms with E-state index >= 15 is 0 Å². The molecule has 1 atom stereocenters. The van der Waals surface area contributed by atoms with Crippen LogP contribution in [-0.4, -0.2) is 43.5 Å². The Hall–Kier alpha value is -2.05. The van der Waals surface area contributed by atoms with Crippen molar-refractivity contribution in [2.75, 3.05) is 36.7 Å². The predicted molar refractivity (Wildman–Crippen MR) is 103 cm³/mol. The summed E-state index contributed by atoms with van der Waals surface area (Å²) in [5.41, 5.74) is 2.54. The number of hydrogen-bond donors (Lipinski definition) is 1. The molecule has 1 aromatic carbocycles. The highest BCUT2D eigenvalue weighted by molar-refractivity contribution is 7.98. The van der Waals surface area contributed by atoms with Crippen LogP contribution in [0.25, 0.3) is 0 Å². The molecule has 25 heavy (non-hydrogen) atoms. The minimum absolute atomic E-state index is 0.136. The fraction of sp³-hybridized carbons (Fsp3) is 0.368. The second-order valence-corrected chi connectivity index (χ2v) is 6.80. The number of aromatic nitrogens is 1. The zero-order valence-corrected chi connectivity index (χ0v) is 15.4. The molecule has 1 fully saturated rings. The number of anilines is 2. The Balaban J connectivity index is 1.67. The van der Waals surface area contributed by atoms with Crippen molar-refractivity contribution in [3.63, 3.8) is 0 Å². The molecule has 1 N–H and O–H groups in total. The zero-order valence-electron chi connectivity index (χ0n) is 14.6. The number of amides is 1. The third-order valence-corrected chi connectivity index (χ3v) is 5.12. The van der Waals surface area contributed by atoms with Gasteiger partial charge in [0.2, 0.25) is 0 Å². The number of hydrogen-bond acceptors (Lipinski definition) is 5. The second-order valence-electron chi connectivity index (χ2n) is 6.01. The van der Waals surface area contributed by atoms with Crippen LogP contribution in [0.15, 0.2) is 47.6 Å². The van der Waals surface area contributed by atoms with E-state index in [1.807, 2.05) is 30.5 Å². The van der Waals surface area contributed by atoms with Gasteiger partial charge in [-0.2, -0.15) is 0 Å². The summed E-state index contributed by atoms with van der Waals surface area (Å²) in [5, 5.41) is 3.68. The molecule has 2 aromatic rings. The van der Waals surface area contributed by atoms with Crippen molar-refractivity contribution in [2.24, 2.45) is 0 Å². The first-order chi connectivity index (χ1) is 12.2. The molecule has 132 valence electrons. The predicted octanol–water partition coefficient (Wildman–Crippen LogP) is 3.67. The number of pyridine rings is 1. The van der Waals surface area contributed by atoms with Gasteiger partial charge < -0.3 is 15.0 Å². The molecule has 0 radical (unpaired) electrons. The summed E-state index contributed by atoms with van der Waals surface area (Å²) in [4.78, 5) is 19.0. The van der Waals surface area contributed by atoms with E-state index in [1.54, 1.807) is 25.4 Å². The first-order valence-electron chi connectivity index (χ1n) is 8.39. The van der Waals surface area contributed by atoms with Crippen LogP contribution in [0.4, 0.5) is 11.4 Å². The van der Waals surface area contributed by atoms with Crippen molar-refractivity contribution in [1.29, 1.82) is 0 Å². The minimum atomic E-state index is -0.136. The third kappa shape index (κ3) is 4.32. The number of ether oxygens (including phenoxy) is 1. The van der Waals surface area contributed by atoms with Crippen LogP contribution < -0.4 is 10.2 Å². The van der Waals surface area contributed by atoms with E-state index in [0.717, 1.165) is 42.3 Å². The van der Waals surface area contributed by atoms with Crippen molar-refractivity contribution in [3.05, 3.63) is 48.2 Å². The van der Waals surface area contributed by atoms with Gasteiger partial charge in [0.15, 0.2) is 0 Å². The van der Waals surface area contributed by atoms with Crippen molar-refractivity contribution in [2.45, 2.75) is 24.0 Å². The molecule has 2 heterocycles. The number of rotatable bonds is 5. The number of carbonyl (C=O) groups excluding carboxylic acids is 1. The average molecular weight is 357 g/mol. The average Bonchev–Trinajstić information content (AvgIpc) is 2.68. The van der Waals surface area contributed by atoms with Crippen LogP contribution in [-0.2, 0) is 4.74 Å². The number of nitrogens with one attached hydrogen (secondary N) is 1. The second kappa shape index (κ2) is 8.36. The van der Waals surface area contributed by atoms with Gasteiger partial charge in [0.1, 0.15) is 5.03 Å². The van der Waals surface area contributed by atoms with E-state index < -0.39 is 0 Å². The lowest BCUT2D eigenvalue weighted by Crippen LogP contribution is -2.39. The topological polar surface area (TPSA) is 54.5 Å². The quantitative estimate of drug-likeness (QED) is 0.828. The molecular weight excluding hydrogens is 334 g/mol. The summed E-state index contributed by atoms with van der Waals surface area (Å²) in [6.07, 6.45) is 6.16.